The highest BCUT2D eigenvalue weighted by Gasteiger charge is 2.23. The van der Waals surface area contributed by atoms with Crippen LogP contribution >= 0.6 is 23.8 Å². The molecule has 11 heteroatoms. The van der Waals surface area contributed by atoms with Crippen LogP contribution in [0.4, 0.5) is 13.2 Å². The van der Waals surface area contributed by atoms with Crippen LogP contribution in [0.25, 0.3) is 5.69 Å². The maximum absolute atomic E-state index is 14.3. The maximum atomic E-state index is 14.3. The molecule has 0 aliphatic rings. The molecule has 0 fully saturated rings. The number of alkyl halides is 2. The third-order valence-corrected chi connectivity index (χ3v) is 3.96. The number of benzene rings is 1. The van der Waals surface area contributed by atoms with Crippen molar-refractivity contribution in [2.75, 3.05) is 0 Å². The molecule has 0 aliphatic heterocycles. The van der Waals surface area contributed by atoms with Crippen LogP contribution in [0, 0.1) is 10.6 Å². The van der Waals surface area contributed by atoms with Crippen LogP contribution in [0.1, 0.15) is 30.8 Å². The molecule has 136 valence electrons. The molecule has 0 radical (unpaired) electrons. The first-order valence-corrected chi connectivity index (χ1v) is 7.74. The van der Waals surface area contributed by atoms with E-state index in [4.69, 9.17) is 28.6 Å². The highest BCUT2D eigenvalue weighted by atomic mass is 35.5. The molecular weight excluding hydrogens is 383 g/mol. The minimum atomic E-state index is -3.18. The van der Waals surface area contributed by atoms with Gasteiger partial charge in [0.05, 0.1) is 22.4 Å². The van der Waals surface area contributed by atoms with Gasteiger partial charge < -0.3 is 4.74 Å². The van der Waals surface area contributed by atoms with E-state index in [0.717, 1.165) is 19.2 Å². The van der Waals surface area contributed by atoms with Crippen molar-refractivity contribution in [3.8, 4) is 5.69 Å². The Morgan fingerprint density at radius 1 is 1.32 bits per heavy atom. The van der Waals surface area contributed by atoms with Gasteiger partial charge in [0.1, 0.15) is 5.82 Å². The van der Waals surface area contributed by atoms with E-state index in [1.54, 1.807) is 13.8 Å². The summed E-state index contributed by atoms with van der Waals surface area (Å²) in [6.07, 6.45) is -0.466. The topological polar surface area (TPSA) is 58.2 Å². The van der Waals surface area contributed by atoms with Gasteiger partial charge in [0.2, 0.25) is 4.77 Å². The van der Waals surface area contributed by atoms with Crippen molar-refractivity contribution >= 4 is 29.8 Å². The number of hydrogen-bond acceptors (Lipinski definition) is 4. The Balaban J connectivity index is 2.74. The quantitative estimate of drug-likeness (QED) is 0.587. The molecule has 0 amide bonds. The van der Waals surface area contributed by atoms with Crippen LogP contribution in [0.2, 0.25) is 5.02 Å². The summed E-state index contributed by atoms with van der Waals surface area (Å²) in [5.74, 6) is -1.86. The molecule has 0 N–H and O–H groups in total. The summed E-state index contributed by atoms with van der Waals surface area (Å²) in [6, 6.07) is 1.73. The van der Waals surface area contributed by atoms with E-state index in [-0.39, 0.29) is 20.0 Å². The van der Waals surface area contributed by atoms with Crippen molar-refractivity contribution in [1.29, 1.82) is 0 Å². The molecular formula is C14H13ClF3N3O3S. The average Bonchev–Trinajstić information content (AvgIpc) is 2.69. The Kier molecular flexibility index (Phi) is 5.43. The highest BCUT2D eigenvalue weighted by molar-refractivity contribution is 7.71. The van der Waals surface area contributed by atoms with Gasteiger partial charge in [0.15, 0.2) is 0 Å². The summed E-state index contributed by atoms with van der Waals surface area (Å²) in [6.45, 7) is 0.0246. The Morgan fingerprint density at radius 2 is 1.92 bits per heavy atom. The third kappa shape index (κ3) is 3.49. The molecule has 25 heavy (non-hydrogen) atoms. The maximum Gasteiger partial charge on any atom is 0.354 e. The van der Waals surface area contributed by atoms with Crippen molar-refractivity contribution in [2.45, 2.75) is 26.5 Å². The molecule has 0 spiro atoms. The summed E-state index contributed by atoms with van der Waals surface area (Å²) < 4.78 is 46.2. The van der Waals surface area contributed by atoms with Crippen molar-refractivity contribution in [2.24, 2.45) is 7.05 Å². The average molecular weight is 396 g/mol. The van der Waals surface area contributed by atoms with Gasteiger partial charge >= 0.3 is 18.2 Å². The second-order valence-corrected chi connectivity index (χ2v) is 6.06. The lowest BCUT2D eigenvalue weighted by atomic mass is 10.2. The Bertz CT molecular complexity index is 949. The number of hydrogen-bond donors (Lipinski definition) is 0. The first-order valence-electron chi connectivity index (χ1n) is 6.95. The Hall–Kier alpha value is -2.07. The van der Waals surface area contributed by atoms with Crippen LogP contribution in [-0.2, 0) is 11.8 Å². The van der Waals surface area contributed by atoms with Gasteiger partial charge in [-0.2, -0.15) is 13.5 Å². The molecule has 0 saturated heterocycles. The lowest BCUT2D eigenvalue weighted by Gasteiger charge is -2.11. The number of rotatable bonds is 4. The van der Waals surface area contributed by atoms with E-state index < -0.39 is 35.8 Å². The molecule has 0 unspecified atom stereocenters. The number of nitrogens with zero attached hydrogens (tertiary/aromatic N) is 3. The molecule has 0 saturated carbocycles. The fourth-order valence-electron chi connectivity index (χ4n) is 2.11. The molecule has 0 bridgehead atoms. The molecule has 0 aliphatic carbocycles. The molecule has 1 aromatic carbocycles. The van der Waals surface area contributed by atoms with Gasteiger partial charge in [0, 0.05) is 7.05 Å². The lowest BCUT2D eigenvalue weighted by molar-refractivity contribution is 0.0375. The normalized spacial score (nSPS) is 11.4. The van der Waals surface area contributed by atoms with Crippen molar-refractivity contribution in [1.82, 2.24) is 13.9 Å². The monoisotopic (exact) mass is 395 g/mol. The minimum Gasteiger partial charge on any atom is -0.459 e. The molecule has 1 aromatic heterocycles. The van der Waals surface area contributed by atoms with Crippen molar-refractivity contribution in [3.63, 3.8) is 0 Å². The van der Waals surface area contributed by atoms with Gasteiger partial charge in [-0.1, -0.05) is 11.6 Å². The predicted molar refractivity (Wildman–Crippen MR) is 86.6 cm³/mol. The van der Waals surface area contributed by atoms with Gasteiger partial charge in [-0.05, 0) is 38.2 Å². The highest BCUT2D eigenvalue weighted by Crippen LogP contribution is 2.24. The number of ether oxygens (including phenoxy) is 1. The zero-order valence-corrected chi connectivity index (χ0v) is 14.9. The SMILES string of the molecule is CC(C)OC(=O)c1cc(-n2c(=S)n(C)n(C(F)F)c2=O)c(F)cc1Cl. The first-order chi connectivity index (χ1) is 11.6. The summed E-state index contributed by atoms with van der Waals surface area (Å²) >= 11 is 10.8. The Morgan fingerprint density at radius 3 is 2.40 bits per heavy atom. The lowest BCUT2D eigenvalue weighted by Crippen LogP contribution is -2.27. The van der Waals surface area contributed by atoms with E-state index in [2.05, 4.69) is 0 Å². The van der Waals surface area contributed by atoms with Gasteiger partial charge in [-0.15, -0.1) is 0 Å². The largest absolute Gasteiger partial charge is 0.459 e. The molecule has 1 heterocycles. The van der Waals surface area contributed by atoms with Crippen LogP contribution < -0.4 is 5.69 Å². The minimum absolute atomic E-state index is 0.0580. The number of esters is 1. The molecule has 2 aromatic rings. The van der Waals surface area contributed by atoms with Crippen molar-refractivity contribution < 1.29 is 22.7 Å². The van der Waals surface area contributed by atoms with E-state index in [1.165, 1.54) is 0 Å². The van der Waals surface area contributed by atoms with Crippen LogP contribution in [0.5, 0.6) is 0 Å². The zero-order chi connectivity index (χ0) is 19.0. The smallest absolute Gasteiger partial charge is 0.354 e. The van der Waals surface area contributed by atoms with Crippen LogP contribution in [0.3, 0.4) is 0 Å². The molecule has 6 nitrogen and oxygen atoms in total. The number of halogens is 4. The first kappa shape index (κ1) is 19.3. The predicted octanol–water partition coefficient (Wildman–Crippen LogP) is 3.46. The van der Waals surface area contributed by atoms with E-state index in [1.807, 2.05) is 0 Å². The van der Waals surface area contributed by atoms with Gasteiger partial charge in [0.25, 0.3) is 0 Å². The fourth-order valence-corrected chi connectivity index (χ4v) is 2.60. The number of carbonyl (C=O) groups excluding carboxylic acids is 1. The van der Waals surface area contributed by atoms with Gasteiger partial charge in [-0.25, -0.2) is 18.5 Å². The zero-order valence-electron chi connectivity index (χ0n) is 13.3. The number of aromatic nitrogens is 3. The summed E-state index contributed by atoms with van der Waals surface area (Å²) in [5, 5.41) is -0.247. The van der Waals surface area contributed by atoms with E-state index in [9.17, 15) is 22.8 Å². The third-order valence-electron chi connectivity index (χ3n) is 3.20. The summed E-state index contributed by atoms with van der Waals surface area (Å²) in [5.41, 5.74) is -1.96. The molecule has 2 rings (SSSR count). The second kappa shape index (κ2) is 7.04. The van der Waals surface area contributed by atoms with Crippen LogP contribution in [-0.4, -0.2) is 26.0 Å². The standard InChI is InChI=1S/C14H13ClF3N3O3S/c1-6(2)24-11(22)7-4-10(9(16)5-8(7)15)20-13(23)21(12(17)18)19(3)14(20)25/h4-6,12H,1-3H3. The number of carbonyl (C=O) groups is 1. The van der Waals surface area contributed by atoms with E-state index >= 15 is 0 Å². The summed E-state index contributed by atoms with van der Waals surface area (Å²) in [4.78, 5) is 24.2. The summed E-state index contributed by atoms with van der Waals surface area (Å²) in [7, 11) is 1.13. The van der Waals surface area contributed by atoms with Gasteiger partial charge in [-0.3, -0.25) is 4.68 Å². The Labute approximate surface area is 150 Å². The van der Waals surface area contributed by atoms with Crippen molar-refractivity contribution in [3.05, 3.63) is 43.8 Å². The second-order valence-electron chi connectivity index (χ2n) is 5.28. The fraction of sp³-hybridized carbons (Fsp3) is 0.357. The van der Waals surface area contributed by atoms with E-state index in [0.29, 0.717) is 9.25 Å². The molecule has 0 atom stereocenters. The van der Waals surface area contributed by atoms with Crippen LogP contribution in [0.15, 0.2) is 16.9 Å².